The second-order valence-corrected chi connectivity index (χ2v) is 11.8. The van der Waals surface area contributed by atoms with Crippen molar-refractivity contribution in [1.82, 2.24) is 19.4 Å². The highest BCUT2D eigenvalue weighted by Crippen LogP contribution is 2.37. The first kappa shape index (κ1) is 25.4. The number of amides is 2. The van der Waals surface area contributed by atoms with Crippen LogP contribution in [0.25, 0.3) is 0 Å². The van der Waals surface area contributed by atoms with Gasteiger partial charge in [0, 0.05) is 35.6 Å². The van der Waals surface area contributed by atoms with Gasteiger partial charge in [0.05, 0.1) is 24.1 Å². The molecular formula is C21H33FN6O3S2. The minimum atomic E-state index is -4.28. The molecule has 0 saturated carbocycles. The molecule has 1 aliphatic heterocycles. The average Bonchev–Trinajstić information content (AvgIpc) is 3.38. The van der Waals surface area contributed by atoms with Crippen LogP contribution < -0.4 is 14.3 Å². The molecule has 0 aromatic carbocycles. The van der Waals surface area contributed by atoms with Gasteiger partial charge >= 0.3 is 16.2 Å². The summed E-state index contributed by atoms with van der Waals surface area (Å²) < 4.78 is 45.1. The van der Waals surface area contributed by atoms with E-state index in [-0.39, 0.29) is 31.5 Å². The quantitative estimate of drug-likeness (QED) is 0.577. The predicted octanol–water partition coefficient (Wildman–Crippen LogP) is 3.64. The number of aromatic nitrogens is 2. The number of likely N-dealkylation sites (tertiary alicyclic amines) is 1. The molecule has 33 heavy (non-hydrogen) atoms. The van der Waals surface area contributed by atoms with Crippen LogP contribution in [0.4, 0.5) is 20.6 Å². The Morgan fingerprint density at radius 3 is 2.52 bits per heavy atom. The molecule has 0 spiro atoms. The molecule has 3 heterocycles. The van der Waals surface area contributed by atoms with E-state index in [1.807, 2.05) is 19.9 Å². The third-order valence-corrected chi connectivity index (χ3v) is 8.75. The fourth-order valence-corrected chi connectivity index (χ4v) is 6.11. The van der Waals surface area contributed by atoms with Gasteiger partial charge in [-0.25, -0.2) is 18.2 Å². The molecule has 2 atom stereocenters. The summed E-state index contributed by atoms with van der Waals surface area (Å²) in [5.41, 5.74) is 0.907. The van der Waals surface area contributed by atoms with Crippen LogP contribution in [-0.4, -0.2) is 61.5 Å². The van der Waals surface area contributed by atoms with Gasteiger partial charge in [0.25, 0.3) is 0 Å². The fourth-order valence-electron chi connectivity index (χ4n) is 3.85. The second kappa shape index (κ2) is 9.98. The van der Waals surface area contributed by atoms with Gasteiger partial charge in [-0.15, -0.1) is 11.3 Å². The van der Waals surface area contributed by atoms with E-state index in [1.54, 1.807) is 36.5 Å². The Labute approximate surface area is 199 Å². The lowest BCUT2D eigenvalue weighted by atomic mass is 10.1. The highest BCUT2D eigenvalue weighted by Gasteiger charge is 2.35. The number of likely N-dealkylation sites (N-methyl/N-ethyl adjacent to an activating group) is 1. The van der Waals surface area contributed by atoms with Crippen molar-refractivity contribution in [2.75, 3.05) is 29.8 Å². The molecule has 2 N–H and O–H groups in total. The normalized spacial score (nSPS) is 19.4. The third kappa shape index (κ3) is 6.04. The van der Waals surface area contributed by atoms with Gasteiger partial charge in [0.15, 0.2) is 0 Å². The minimum absolute atomic E-state index is 0.00157. The van der Waals surface area contributed by atoms with Crippen molar-refractivity contribution >= 4 is 39.0 Å². The number of urea groups is 1. The molecule has 184 valence electrons. The lowest BCUT2D eigenvalue weighted by Crippen LogP contribution is -2.49. The highest BCUT2D eigenvalue weighted by molar-refractivity contribution is 7.91. The molecule has 0 radical (unpaired) electrons. The van der Waals surface area contributed by atoms with Gasteiger partial charge < -0.3 is 5.32 Å². The molecule has 1 aliphatic rings. The van der Waals surface area contributed by atoms with Crippen molar-refractivity contribution in [3.63, 3.8) is 0 Å². The van der Waals surface area contributed by atoms with E-state index in [4.69, 9.17) is 0 Å². The topological polar surface area (TPSA) is 99.6 Å². The van der Waals surface area contributed by atoms with Crippen LogP contribution in [0.1, 0.15) is 55.7 Å². The number of halogens is 1. The number of rotatable bonds is 8. The second-order valence-electron chi connectivity index (χ2n) is 9.13. The first-order chi connectivity index (χ1) is 15.4. The first-order valence-electron chi connectivity index (χ1n) is 11.0. The summed E-state index contributed by atoms with van der Waals surface area (Å²) in [4.78, 5) is 16.6. The fraction of sp³-hybridized carbons (Fsp3) is 0.619. The molecule has 0 aliphatic carbocycles. The smallest absolute Gasteiger partial charge is 0.306 e. The largest absolute Gasteiger partial charge is 0.334 e. The maximum atomic E-state index is 13.9. The molecule has 12 heteroatoms. The predicted molar refractivity (Wildman–Crippen MR) is 130 cm³/mol. The molecule has 3 rings (SSSR count). The van der Waals surface area contributed by atoms with E-state index in [0.717, 1.165) is 14.1 Å². The Hall–Kier alpha value is -2.18. The Bertz CT molecular complexity index is 1080. The molecule has 2 aromatic heterocycles. The summed E-state index contributed by atoms with van der Waals surface area (Å²) in [5.74, 6) is 0.464. The summed E-state index contributed by atoms with van der Waals surface area (Å²) in [6.07, 6.45) is 2.16. The number of nitrogens with zero attached hydrogens (tertiary/aromatic N) is 4. The molecule has 2 unspecified atom stereocenters. The van der Waals surface area contributed by atoms with Crippen molar-refractivity contribution in [2.24, 2.45) is 7.05 Å². The Morgan fingerprint density at radius 1 is 1.30 bits per heavy atom. The summed E-state index contributed by atoms with van der Waals surface area (Å²) in [6, 6.07) is 0.727. The van der Waals surface area contributed by atoms with Crippen molar-refractivity contribution in [2.45, 2.75) is 58.2 Å². The van der Waals surface area contributed by atoms with Gasteiger partial charge in [-0.05, 0) is 31.4 Å². The van der Waals surface area contributed by atoms with E-state index in [9.17, 15) is 17.6 Å². The van der Waals surface area contributed by atoms with Crippen LogP contribution >= 0.6 is 11.3 Å². The summed E-state index contributed by atoms with van der Waals surface area (Å²) >= 11 is 1.61. The van der Waals surface area contributed by atoms with Crippen molar-refractivity contribution < 1.29 is 17.6 Å². The number of hydrogen-bond acceptors (Lipinski definition) is 6. The number of thiophene rings is 1. The van der Waals surface area contributed by atoms with Crippen molar-refractivity contribution in [3.05, 3.63) is 28.2 Å². The third-order valence-electron chi connectivity index (χ3n) is 5.63. The number of hydrogen-bond donors (Lipinski definition) is 2. The number of anilines is 2. The lowest BCUT2D eigenvalue weighted by molar-refractivity contribution is 0.256. The van der Waals surface area contributed by atoms with Gasteiger partial charge in [0.1, 0.15) is 6.17 Å². The monoisotopic (exact) mass is 500 g/mol. The van der Waals surface area contributed by atoms with Crippen molar-refractivity contribution in [1.29, 1.82) is 0 Å². The van der Waals surface area contributed by atoms with Crippen LogP contribution in [0.5, 0.6) is 0 Å². The Kier molecular flexibility index (Phi) is 7.69. The number of alkyl halides is 1. The SMILES string of the molecule is CC(C)c1cc(NC(=O)NS(=O)(=O)N(CC2CC(F)CN2C)c2cnn(C)c2)c(C(C)C)s1. The molecular weight excluding hydrogens is 467 g/mol. The van der Waals surface area contributed by atoms with E-state index in [2.05, 4.69) is 29.0 Å². The van der Waals surface area contributed by atoms with E-state index in [0.29, 0.717) is 17.3 Å². The van der Waals surface area contributed by atoms with Gasteiger partial charge in [-0.2, -0.15) is 13.5 Å². The summed E-state index contributed by atoms with van der Waals surface area (Å²) in [6.45, 7) is 8.43. The molecule has 1 fully saturated rings. The van der Waals surface area contributed by atoms with Crippen LogP contribution in [0.3, 0.4) is 0 Å². The van der Waals surface area contributed by atoms with E-state index in [1.165, 1.54) is 10.9 Å². The molecule has 2 amide bonds. The number of carbonyl (C=O) groups is 1. The van der Waals surface area contributed by atoms with Gasteiger partial charge in [0.2, 0.25) is 0 Å². The molecule has 0 bridgehead atoms. The Morgan fingerprint density at radius 2 is 2.00 bits per heavy atom. The number of carbonyl (C=O) groups excluding carboxylic acids is 1. The zero-order valence-corrected chi connectivity index (χ0v) is 21.5. The maximum absolute atomic E-state index is 13.9. The zero-order chi connectivity index (χ0) is 24.5. The minimum Gasteiger partial charge on any atom is -0.306 e. The van der Waals surface area contributed by atoms with Crippen LogP contribution in [0.2, 0.25) is 0 Å². The van der Waals surface area contributed by atoms with Crippen LogP contribution in [0.15, 0.2) is 18.5 Å². The van der Waals surface area contributed by atoms with Gasteiger partial charge in [-0.3, -0.25) is 9.58 Å². The van der Waals surface area contributed by atoms with E-state index < -0.39 is 22.4 Å². The van der Waals surface area contributed by atoms with Crippen molar-refractivity contribution in [3.8, 4) is 0 Å². The molecule has 2 aromatic rings. The first-order valence-corrected chi connectivity index (χ1v) is 13.2. The lowest BCUT2D eigenvalue weighted by Gasteiger charge is -2.28. The van der Waals surface area contributed by atoms with Crippen LogP contribution in [0, 0.1) is 0 Å². The highest BCUT2D eigenvalue weighted by atomic mass is 32.2. The van der Waals surface area contributed by atoms with Gasteiger partial charge in [-0.1, -0.05) is 27.7 Å². The Balaban J connectivity index is 1.81. The maximum Gasteiger partial charge on any atom is 0.334 e. The molecule has 1 saturated heterocycles. The molecule has 9 nitrogen and oxygen atoms in total. The number of aryl methyl sites for hydroxylation is 1. The zero-order valence-electron chi connectivity index (χ0n) is 19.9. The number of nitrogens with one attached hydrogen (secondary N) is 2. The van der Waals surface area contributed by atoms with E-state index >= 15 is 0 Å². The average molecular weight is 501 g/mol. The summed E-state index contributed by atoms with van der Waals surface area (Å²) in [5, 5.41) is 6.76. The van der Waals surface area contributed by atoms with Crippen LogP contribution in [-0.2, 0) is 17.3 Å². The standard InChI is InChI=1S/C21H33FN6O3S2/c1-13(2)19-8-18(20(32-19)14(3)4)24-21(29)25-33(30,31)28(17-9-23-27(6)11-17)12-16-7-15(22)10-26(16)5/h8-9,11,13-16H,7,10,12H2,1-6H3,(H2,24,25,29). The summed E-state index contributed by atoms with van der Waals surface area (Å²) in [7, 11) is -0.851.